The molecule has 2 aromatic heterocycles. The highest BCUT2D eigenvalue weighted by atomic mass is 32.1. The maximum absolute atomic E-state index is 5.61. The van der Waals surface area contributed by atoms with E-state index >= 15 is 0 Å². The van der Waals surface area contributed by atoms with Crippen LogP contribution >= 0.6 is 11.3 Å². The van der Waals surface area contributed by atoms with Crippen LogP contribution in [0.1, 0.15) is 17.0 Å². The van der Waals surface area contributed by atoms with Gasteiger partial charge in [-0.2, -0.15) is 0 Å². The van der Waals surface area contributed by atoms with Crippen molar-refractivity contribution in [3.05, 3.63) is 35.1 Å². The summed E-state index contributed by atoms with van der Waals surface area (Å²) in [7, 11) is 1.69. The summed E-state index contributed by atoms with van der Waals surface area (Å²) in [5.74, 6) is 0. The van der Waals surface area contributed by atoms with Gasteiger partial charge in [0.2, 0.25) is 0 Å². The van der Waals surface area contributed by atoms with Gasteiger partial charge in [-0.25, -0.2) is 0 Å². The molecule has 6 nitrogen and oxygen atoms in total. The Morgan fingerprint density at radius 3 is 2.86 bits per heavy atom. The van der Waals surface area contributed by atoms with Crippen LogP contribution in [0.3, 0.4) is 0 Å². The first-order chi connectivity index (χ1) is 10.4. The number of methoxy groups -OCH3 is 1. The minimum Gasteiger partial charge on any atom is -0.469 e. The molecule has 0 radical (unpaired) electrons. The molecule has 0 aliphatic rings. The van der Waals surface area contributed by atoms with Crippen molar-refractivity contribution in [3.63, 3.8) is 0 Å². The zero-order valence-corrected chi connectivity index (χ0v) is 12.9. The Labute approximate surface area is 128 Å². The number of ether oxygens (including phenoxy) is 2. The standard InChI is InChI=1S/C14H20N4O2S/c1-19-10-8-16-11-13-17-18-14(21-13)20-9-2-3-12-4-6-15-7-5-12/h4-7,16H,2-3,8-11H2,1H3. The lowest BCUT2D eigenvalue weighted by atomic mass is 10.1. The number of nitrogens with one attached hydrogen (secondary N) is 1. The van der Waals surface area contributed by atoms with Gasteiger partial charge in [0.1, 0.15) is 5.01 Å². The van der Waals surface area contributed by atoms with Gasteiger partial charge in [0.05, 0.1) is 13.2 Å². The molecule has 2 aromatic rings. The summed E-state index contributed by atoms with van der Waals surface area (Å²) in [5, 5.41) is 12.9. The molecule has 0 fully saturated rings. The van der Waals surface area contributed by atoms with Crippen LogP contribution in [0.15, 0.2) is 24.5 Å². The van der Waals surface area contributed by atoms with E-state index in [0.29, 0.717) is 25.0 Å². The molecule has 0 unspecified atom stereocenters. The molecule has 7 heteroatoms. The molecular weight excluding hydrogens is 288 g/mol. The molecule has 1 N–H and O–H groups in total. The van der Waals surface area contributed by atoms with Crippen LogP contribution < -0.4 is 10.1 Å². The van der Waals surface area contributed by atoms with Gasteiger partial charge >= 0.3 is 0 Å². The fourth-order valence-corrected chi connectivity index (χ4v) is 2.40. The summed E-state index contributed by atoms with van der Waals surface area (Å²) in [4.78, 5) is 4.00. The highest BCUT2D eigenvalue weighted by Crippen LogP contribution is 2.17. The summed E-state index contributed by atoms with van der Waals surface area (Å²) in [5.41, 5.74) is 1.27. The zero-order valence-electron chi connectivity index (χ0n) is 12.1. The summed E-state index contributed by atoms with van der Waals surface area (Å²) in [6, 6.07) is 4.05. The Morgan fingerprint density at radius 2 is 2.05 bits per heavy atom. The molecule has 0 atom stereocenters. The van der Waals surface area contributed by atoms with Crippen molar-refractivity contribution in [2.24, 2.45) is 0 Å². The predicted octanol–water partition coefficient (Wildman–Crippen LogP) is 1.68. The number of pyridine rings is 1. The van der Waals surface area contributed by atoms with Gasteiger partial charge in [0.15, 0.2) is 0 Å². The largest absolute Gasteiger partial charge is 0.469 e. The fourth-order valence-electron chi connectivity index (χ4n) is 1.72. The fraction of sp³-hybridized carbons (Fsp3) is 0.500. The molecule has 21 heavy (non-hydrogen) atoms. The molecule has 2 rings (SSSR count). The van der Waals surface area contributed by atoms with Crippen molar-refractivity contribution in [1.82, 2.24) is 20.5 Å². The smallest absolute Gasteiger partial charge is 0.294 e. The minimum absolute atomic E-state index is 0.633. The van der Waals surface area contributed by atoms with E-state index < -0.39 is 0 Å². The van der Waals surface area contributed by atoms with Gasteiger partial charge in [0.25, 0.3) is 5.19 Å². The van der Waals surface area contributed by atoms with Gasteiger partial charge in [-0.15, -0.1) is 10.2 Å². The summed E-state index contributed by atoms with van der Waals surface area (Å²) in [6.07, 6.45) is 5.55. The maximum atomic E-state index is 5.61. The van der Waals surface area contributed by atoms with Crippen LogP contribution in [0, 0.1) is 0 Å². The predicted molar refractivity (Wildman–Crippen MR) is 81.5 cm³/mol. The third-order valence-corrected chi connectivity index (χ3v) is 3.63. The lowest BCUT2D eigenvalue weighted by molar-refractivity contribution is 0.199. The number of rotatable bonds is 10. The first-order valence-electron chi connectivity index (χ1n) is 6.92. The number of hydrogen-bond acceptors (Lipinski definition) is 7. The van der Waals surface area contributed by atoms with Crippen LogP contribution in [0.25, 0.3) is 0 Å². The third kappa shape index (κ3) is 6.16. The van der Waals surface area contributed by atoms with Crippen molar-refractivity contribution in [2.45, 2.75) is 19.4 Å². The zero-order chi connectivity index (χ0) is 14.8. The van der Waals surface area contributed by atoms with E-state index in [-0.39, 0.29) is 0 Å². The van der Waals surface area contributed by atoms with Gasteiger partial charge in [0, 0.05) is 32.6 Å². The Morgan fingerprint density at radius 1 is 1.19 bits per heavy atom. The Kier molecular flexibility index (Phi) is 7.06. The van der Waals surface area contributed by atoms with E-state index in [4.69, 9.17) is 9.47 Å². The van der Waals surface area contributed by atoms with Gasteiger partial charge in [-0.3, -0.25) is 4.98 Å². The van der Waals surface area contributed by atoms with Crippen molar-refractivity contribution in [1.29, 1.82) is 0 Å². The molecular formula is C14H20N4O2S. The second kappa shape index (κ2) is 9.38. The highest BCUT2D eigenvalue weighted by molar-refractivity contribution is 7.13. The molecule has 2 heterocycles. The molecule has 0 amide bonds. The number of nitrogens with zero attached hydrogens (tertiary/aromatic N) is 3. The SMILES string of the molecule is COCCNCc1nnc(OCCCc2ccncc2)s1. The third-order valence-electron chi connectivity index (χ3n) is 2.79. The average Bonchev–Trinajstić information content (AvgIpc) is 2.97. The monoisotopic (exact) mass is 308 g/mol. The Balaban J connectivity index is 1.61. The van der Waals surface area contributed by atoms with Crippen molar-refractivity contribution < 1.29 is 9.47 Å². The second-order valence-electron chi connectivity index (χ2n) is 4.44. The first kappa shape index (κ1) is 15.8. The number of hydrogen-bond donors (Lipinski definition) is 1. The van der Waals surface area contributed by atoms with Crippen LogP contribution in [-0.4, -0.2) is 42.0 Å². The lowest BCUT2D eigenvalue weighted by Crippen LogP contribution is -2.18. The maximum Gasteiger partial charge on any atom is 0.294 e. The van der Waals surface area contributed by atoms with Crippen LogP contribution in [0.5, 0.6) is 5.19 Å². The Bertz CT molecular complexity index is 507. The van der Waals surface area contributed by atoms with Crippen molar-refractivity contribution in [3.8, 4) is 5.19 Å². The molecule has 0 saturated heterocycles. The van der Waals surface area contributed by atoms with Crippen LogP contribution in [-0.2, 0) is 17.7 Å². The molecule has 0 spiro atoms. The molecule has 0 bridgehead atoms. The van der Waals surface area contributed by atoms with E-state index in [1.807, 2.05) is 24.5 Å². The highest BCUT2D eigenvalue weighted by Gasteiger charge is 2.04. The molecule has 0 saturated carbocycles. The van der Waals surface area contributed by atoms with E-state index in [9.17, 15) is 0 Å². The van der Waals surface area contributed by atoms with Gasteiger partial charge in [-0.05, 0) is 30.5 Å². The Hall–Kier alpha value is -1.57. The second-order valence-corrected chi connectivity index (χ2v) is 5.46. The molecule has 114 valence electrons. The summed E-state index contributed by atoms with van der Waals surface area (Å²) < 4.78 is 10.6. The van der Waals surface area contributed by atoms with Gasteiger partial charge in [-0.1, -0.05) is 11.3 Å². The number of aryl methyl sites for hydroxylation is 1. The normalized spacial score (nSPS) is 10.7. The molecule has 0 aliphatic heterocycles. The minimum atomic E-state index is 0.633. The molecule has 0 aromatic carbocycles. The van der Waals surface area contributed by atoms with Crippen molar-refractivity contribution in [2.75, 3.05) is 26.9 Å². The van der Waals surface area contributed by atoms with Crippen LogP contribution in [0.2, 0.25) is 0 Å². The van der Waals surface area contributed by atoms with E-state index in [0.717, 1.165) is 24.4 Å². The topological polar surface area (TPSA) is 69.2 Å². The summed E-state index contributed by atoms with van der Waals surface area (Å²) >= 11 is 1.48. The van der Waals surface area contributed by atoms with E-state index in [1.54, 1.807) is 7.11 Å². The quantitative estimate of drug-likeness (QED) is 0.674. The first-order valence-corrected chi connectivity index (χ1v) is 7.74. The average molecular weight is 308 g/mol. The number of aromatic nitrogens is 3. The van der Waals surface area contributed by atoms with Gasteiger partial charge < -0.3 is 14.8 Å². The summed E-state index contributed by atoms with van der Waals surface area (Å²) in [6.45, 7) is 2.84. The van der Waals surface area contributed by atoms with Crippen molar-refractivity contribution >= 4 is 11.3 Å². The van der Waals surface area contributed by atoms with E-state index in [1.165, 1.54) is 16.9 Å². The molecule has 0 aliphatic carbocycles. The van der Waals surface area contributed by atoms with Crippen LogP contribution in [0.4, 0.5) is 0 Å². The lowest BCUT2D eigenvalue weighted by Gasteiger charge is -2.02. The van der Waals surface area contributed by atoms with E-state index in [2.05, 4.69) is 20.5 Å².